The Kier molecular flexibility index (Phi) is 32.0. The van der Waals surface area contributed by atoms with Gasteiger partial charge in [-0.3, -0.25) is 53.1 Å². The number of carboxylic acids is 1. The highest BCUT2D eigenvalue weighted by Gasteiger charge is 2.33. The Hall–Kier alpha value is -7.47. The van der Waals surface area contributed by atoms with E-state index in [0.717, 1.165) is 0 Å². The number of carbonyl (C=O) groups excluding carboxylic acids is 9. The fourth-order valence-corrected chi connectivity index (χ4v) is 7.47. The Balaban J connectivity index is 3.26. The van der Waals surface area contributed by atoms with E-state index in [-0.39, 0.29) is 75.2 Å². The van der Waals surface area contributed by atoms with E-state index in [0.29, 0.717) is 24.2 Å². The lowest BCUT2D eigenvalue weighted by atomic mass is 9.98. The molecule has 0 bridgehead atoms. The molecule has 9 amide bonds. The second kappa shape index (κ2) is 36.5. The van der Waals surface area contributed by atoms with Crippen molar-refractivity contribution in [2.24, 2.45) is 50.5 Å². The molecule has 0 fully saturated rings. The summed E-state index contributed by atoms with van der Waals surface area (Å²) in [5.41, 5.74) is 27.9. The van der Waals surface area contributed by atoms with E-state index < -0.39 is 134 Å². The normalized spacial score (nSPS) is 14.0. The highest BCUT2D eigenvalue weighted by Crippen LogP contribution is 2.14. The SMILES string of the molecule is CC[C@H](C)[C@H](NC(=O)CNC(=O)[C@@H](N)CC(C)C)C(=O)NCC(=O)NCC(=O)N[C@@H](CCCN=C(N)N)C(=O)N[C@@H](Cc1ccc(O)cc1)C(=O)N[C@@H](CCSC)C(=O)N[C@@H](CO)C(=O)N[C@@H](CCCN=C(N)N)C(=O)O. The molecule has 77 heavy (non-hydrogen) atoms. The van der Waals surface area contributed by atoms with Crippen molar-refractivity contribution in [1.82, 2.24) is 47.9 Å². The molecule has 0 aliphatic rings. The first kappa shape index (κ1) is 67.5. The molecule has 8 atom stereocenters. The number of aliphatic hydroxyl groups excluding tert-OH is 1. The number of carbonyl (C=O) groups is 10. The van der Waals surface area contributed by atoms with Gasteiger partial charge in [-0.1, -0.05) is 46.2 Å². The van der Waals surface area contributed by atoms with Gasteiger partial charge in [-0.05, 0) is 80.1 Å². The number of rotatable bonds is 37. The molecule has 0 aliphatic carbocycles. The fraction of sp³-hybridized carbons (Fsp3) is 0.617. The molecule has 29 nitrogen and oxygen atoms in total. The summed E-state index contributed by atoms with van der Waals surface area (Å²) >= 11 is 1.31. The van der Waals surface area contributed by atoms with E-state index in [4.69, 9.17) is 28.7 Å². The maximum atomic E-state index is 14.2. The summed E-state index contributed by atoms with van der Waals surface area (Å²) in [7, 11) is 0. The third-order valence-corrected chi connectivity index (χ3v) is 12.0. The van der Waals surface area contributed by atoms with E-state index in [1.54, 1.807) is 20.1 Å². The van der Waals surface area contributed by atoms with Gasteiger partial charge in [0, 0.05) is 19.5 Å². The summed E-state index contributed by atoms with van der Waals surface area (Å²) in [6, 6.07) is -3.65. The van der Waals surface area contributed by atoms with Crippen molar-refractivity contribution in [2.45, 2.75) is 121 Å². The van der Waals surface area contributed by atoms with Gasteiger partial charge in [-0.2, -0.15) is 11.8 Å². The summed E-state index contributed by atoms with van der Waals surface area (Å²) in [5, 5.41) is 51.8. The average molecular weight is 1110 g/mol. The molecule has 0 saturated carbocycles. The number of nitrogens with two attached hydrogens (primary N) is 5. The standard InChI is InChI=1S/C47H80N16O13S/c1-6-26(4)38(63-37(68)23-56-39(69)29(48)19-25(2)3)44(74)57-21-35(66)55-22-36(67)58-30(9-7-16-53-46(49)50)40(70)61-33(20-27-11-13-28(65)14-12-27)42(72)59-31(15-18-77-5)41(71)62-34(24-64)43(73)60-32(45(75)76)10-8-17-54-47(51)52/h11-14,25-26,29-34,38,64-65H,6-10,15-24,48H2,1-5H3,(H,55,66)(H,56,69)(H,57,74)(H,58,67)(H,59,72)(H,60,73)(H,61,70)(H,62,71)(H,63,68)(H,75,76)(H4,49,50,53)(H4,51,52,54)/t26-,29-,30-,31-,32-,33-,34-,38-/m0/s1. The number of nitrogens with one attached hydrogen (secondary N) is 9. The van der Waals surface area contributed by atoms with Crippen LogP contribution in [0.25, 0.3) is 0 Å². The van der Waals surface area contributed by atoms with Crippen molar-refractivity contribution in [3.63, 3.8) is 0 Å². The predicted octanol–water partition coefficient (Wildman–Crippen LogP) is -5.45. The second-order valence-electron chi connectivity index (χ2n) is 18.3. The van der Waals surface area contributed by atoms with Crippen molar-refractivity contribution >= 4 is 82.8 Å². The molecular formula is C47H80N16O13S. The number of amides is 9. The van der Waals surface area contributed by atoms with Crippen LogP contribution in [0.5, 0.6) is 5.75 Å². The summed E-state index contributed by atoms with van der Waals surface area (Å²) < 4.78 is 0. The number of aliphatic carboxylic acids is 1. The number of aliphatic hydroxyl groups is 1. The van der Waals surface area contributed by atoms with Gasteiger partial charge >= 0.3 is 5.97 Å². The van der Waals surface area contributed by atoms with Gasteiger partial charge in [-0.25, -0.2) is 4.79 Å². The number of benzene rings is 1. The zero-order valence-corrected chi connectivity index (χ0v) is 45.0. The molecule has 1 aromatic carbocycles. The van der Waals surface area contributed by atoms with Crippen molar-refractivity contribution in [1.29, 1.82) is 0 Å². The van der Waals surface area contributed by atoms with Crippen molar-refractivity contribution in [2.75, 3.05) is 51.3 Å². The van der Waals surface area contributed by atoms with Crippen molar-refractivity contribution < 1.29 is 63.3 Å². The minimum atomic E-state index is -1.66. The Morgan fingerprint density at radius 1 is 0.597 bits per heavy atom. The fourth-order valence-electron chi connectivity index (χ4n) is 7.00. The van der Waals surface area contributed by atoms with Crippen molar-refractivity contribution in [3.8, 4) is 5.75 Å². The first-order chi connectivity index (χ1) is 36.3. The monoisotopic (exact) mass is 1110 g/mol. The van der Waals surface area contributed by atoms with E-state index in [9.17, 15) is 63.3 Å². The summed E-state index contributed by atoms with van der Waals surface area (Å²) in [6.45, 7) is 4.63. The lowest BCUT2D eigenvalue weighted by molar-refractivity contribution is -0.142. The van der Waals surface area contributed by atoms with Crippen LogP contribution in [0.15, 0.2) is 34.3 Å². The van der Waals surface area contributed by atoms with Crippen LogP contribution < -0.4 is 76.5 Å². The zero-order chi connectivity index (χ0) is 58.2. The van der Waals surface area contributed by atoms with E-state index in [2.05, 4.69) is 57.8 Å². The summed E-state index contributed by atoms with van der Waals surface area (Å²) in [4.78, 5) is 139. The number of aromatic hydroxyl groups is 1. The van der Waals surface area contributed by atoms with E-state index >= 15 is 0 Å². The number of phenols is 1. The minimum Gasteiger partial charge on any atom is -0.508 e. The number of phenolic OH excluding ortho intramolecular Hbond substituents is 1. The van der Waals surface area contributed by atoms with Gasteiger partial charge in [0.05, 0.1) is 32.3 Å². The molecule has 0 aromatic heterocycles. The molecule has 0 heterocycles. The second-order valence-corrected chi connectivity index (χ2v) is 19.3. The van der Waals surface area contributed by atoms with Crippen LogP contribution in [0.1, 0.15) is 78.2 Å². The van der Waals surface area contributed by atoms with Crippen LogP contribution >= 0.6 is 11.8 Å². The van der Waals surface area contributed by atoms with E-state index in [1.165, 1.54) is 36.0 Å². The molecule has 1 aromatic rings. The van der Waals surface area contributed by atoms with Crippen LogP contribution in [0.2, 0.25) is 0 Å². The van der Waals surface area contributed by atoms with Gasteiger partial charge in [0.25, 0.3) is 0 Å². The van der Waals surface area contributed by atoms with Crippen LogP contribution in [0, 0.1) is 11.8 Å². The Morgan fingerprint density at radius 2 is 1.06 bits per heavy atom. The Labute approximate surface area is 451 Å². The maximum Gasteiger partial charge on any atom is 0.326 e. The third kappa shape index (κ3) is 28.3. The Morgan fingerprint density at radius 3 is 1.60 bits per heavy atom. The molecule has 432 valence electrons. The first-order valence-corrected chi connectivity index (χ1v) is 26.3. The molecule has 30 heteroatoms. The van der Waals surface area contributed by atoms with Gasteiger partial charge in [-0.15, -0.1) is 0 Å². The molecular weight excluding hydrogens is 1030 g/mol. The smallest absolute Gasteiger partial charge is 0.326 e. The van der Waals surface area contributed by atoms with Gasteiger partial charge in [0.1, 0.15) is 42.0 Å². The largest absolute Gasteiger partial charge is 0.508 e. The van der Waals surface area contributed by atoms with Crippen LogP contribution in [-0.4, -0.2) is 180 Å². The molecule has 1 rings (SSSR count). The third-order valence-electron chi connectivity index (χ3n) is 11.4. The van der Waals surface area contributed by atoms with Crippen LogP contribution in [0.3, 0.4) is 0 Å². The van der Waals surface area contributed by atoms with Crippen LogP contribution in [-0.2, 0) is 54.4 Å². The lowest BCUT2D eigenvalue weighted by Crippen LogP contribution is -2.60. The number of hydrogen-bond acceptors (Lipinski definition) is 16. The number of aliphatic imine (C=N–C) groups is 2. The van der Waals surface area contributed by atoms with E-state index in [1.807, 2.05) is 13.8 Å². The Bertz CT molecular complexity index is 2180. The topological polar surface area (TPSA) is 494 Å². The first-order valence-electron chi connectivity index (χ1n) is 24.9. The van der Waals surface area contributed by atoms with Gasteiger partial charge in [0.2, 0.25) is 53.2 Å². The lowest BCUT2D eigenvalue weighted by Gasteiger charge is -2.27. The number of nitrogens with zero attached hydrogens (tertiary/aromatic N) is 2. The zero-order valence-electron chi connectivity index (χ0n) is 44.2. The maximum absolute atomic E-state index is 14.2. The predicted molar refractivity (Wildman–Crippen MR) is 287 cm³/mol. The quantitative estimate of drug-likeness (QED) is 0.0168. The summed E-state index contributed by atoms with van der Waals surface area (Å²) in [6.07, 6.45) is 2.40. The highest BCUT2D eigenvalue weighted by atomic mass is 32.2. The molecule has 0 saturated heterocycles. The average Bonchev–Trinajstić information content (AvgIpc) is 3.37. The van der Waals surface area contributed by atoms with Gasteiger partial charge in [0.15, 0.2) is 11.9 Å². The molecule has 0 spiro atoms. The molecule has 0 radical (unpaired) electrons. The number of thioether (sulfide) groups is 1. The number of guanidine groups is 2. The minimum absolute atomic E-state index is 0.0184. The summed E-state index contributed by atoms with van der Waals surface area (Å²) in [5.74, 6) is -9.32. The van der Waals surface area contributed by atoms with Gasteiger partial charge < -0.3 is 91.8 Å². The van der Waals surface area contributed by atoms with Crippen molar-refractivity contribution in [3.05, 3.63) is 29.8 Å². The number of hydrogen-bond donors (Lipinski definition) is 17. The number of carboxylic acid groups (broad SMARTS) is 1. The highest BCUT2D eigenvalue weighted by molar-refractivity contribution is 7.98. The molecule has 22 N–H and O–H groups in total. The molecule has 0 unspecified atom stereocenters. The van der Waals surface area contributed by atoms with Crippen LogP contribution in [0.4, 0.5) is 0 Å². The molecule has 0 aliphatic heterocycles.